The van der Waals surface area contributed by atoms with Crippen molar-refractivity contribution in [3.8, 4) is 0 Å². The molecule has 0 heterocycles. The maximum Gasteiger partial charge on any atom is 0.405 e. The highest BCUT2D eigenvalue weighted by Gasteiger charge is 2.22. The Morgan fingerprint density at radius 2 is 2.00 bits per heavy atom. The van der Waals surface area contributed by atoms with Crippen molar-refractivity contribution in [2.24, 2.45) is 5.73 Å². The molecule has 11 heavy (non-hydrogen) atoms. The van der Waals surface area contributed by atoms with Gasteiger partial charge in [0.1, 0.15) is 6.04 Å². The lowest BCUT2D eigenvalue weighted by Crippen LogP contribution is -2.50. The summed E-state index contributed by atoms with van der Waals surface area (Å²) in [6.45, 7) is 1.27. The SMILES string of the molecule is C[C@@H](O)[C@H](NC(=O)O)C(N)=O. The van der Waals surface area contributed by atoms with Gasteiger partial charge in [-0.2, -0.15) is 0 Å². The van der Waals surface area contributed by atoms with Crippen molar-refractivity contribution in [3.05, 3.63) is 0 Å². The molecular weight excluding hydrogens is 152 g/mol. The first-order valence-electron chi connectivity index (χ1n) is 2.92. The van der Waals surface area contributed by atoms with E-state index in [2.05, 4.69) is 0 Å². The summed E-state index contributed by atoms with van der Waals surface area (Å²) in [5.74, 6) is -0.901. The van der Waals surface area contributed by atoms with Crippen molar-refractivity contribution in [1.29, 1.82) is 0 Å². The highest BCUT2D eigenvalue weighted by molar-refractivity contribution is 5.84. The molecule has 0 bridgehead atoms. The van der Waals surface area contributed by atoms with E-state index in [-0.39, 0.29) is 0 Å². The van der Waals surface area contributed by atoms with Crippen LogP contribution < -0.4 is 11.1 Å². The summed E-state index contributed by atoms with van der Waals surface area (Å²) >= 11 is 0. The topological polar surface area (TPSA) is 113 Å². The lowest BCUT2D eigenvalue weighted by atomic mass is 10.2. The van der Waals surface area contributed by atoms with Gasteiger partial charge < -0.3 is 21.3 Å². The number of carbonyl (C=O) groups is 2. The zero-order chi connectivity index (χ0) is 9.02. The molecule has 6 nitrogen and oxygen atoms in total. The molecular formula is C5H10N2O4. The van der Waals surface area contributed by atoms with Crippen molar-refractivity contribution in [2.45, 2.75) is 19.1 Å². The lowest BCUT2D eigenvalue weighted by Gasteiger charge is -2.15. The Labute approximate surface area is 63.0 Å². The molecule has 0 saturated heterocycles. The Morgan fingerprint density at radius 1 is 1.55 bits per heavy atom. The van der Waals surface area contributed by atoms with Crippen molar-refractivity contribution < 1.29 is 19.8 Å². The summed E-state index contributed by atoms with van der Waals surface area (Å²) in [5, 5.41) is 18.7. The fourth-order valence-corrected chi connectivity index (χ4v) is 0.562. The Balaban J connectivity index is 4.12. The molecule has 64 valence electrons. The third-order valence-corrected chi connectivity index (χ3v) is 1.07. The number of carboxylic acid groups (broad SMARTS) is 1. The average Bonchev–Trinajstić information content (AvgIpc) is 1.81. The second-order valence-electron chi connectivity index (χ2n) is 2.07. The Hall–Kier alpha value is -1.30. The van der Waals surface area contributed by atoms with E-state index >= 15 is 0 Å². The second-order valence-corrected chi connectivity index (χ2v) is 2.07. The van der Waals surface area contributed by atoms with E-state index in [1.807, 2.05) is 0 Å². The van der Waals surface area contributed by atoms with E-state index in [9.17, 15) is 9.59 Å². The van der Waals surface area contributed by atoms with Crippen LogP contribution in [0, 0.1) is 0 Å². The highest BCUT2D eigenvalue weighted by atomic mass is 16.4. The summed E-state index contributed by atoms with van der Waals surface area (Å²) in [4.78, 5) is 20.4. The molecule has 0 saturated carbocycles. The predicted molar refractivity (Wildman–Crippen MR) is 35.8 cm³/mol. The summed E-state index contributed by atoms with van der Waals surface area (Å²) < 4.78 is 0. The minimum absolute atomic E-state index is 0.901. The summed E-state index contributed by atoms with van der Waals surface area (Å²) in [7, 11) is 0. The van der Waals surface area contributed by atoms with Crippen LogP contribution >= 0.6 is 0 Å². The maximum atomic E-state index is 10.4. The van der Waals surface area contributed by atoms with Gasteiger partial charge in [-0.3, -0.25) is 4.79 Å². The van der Waals surface area contributed by atoms with E-state index in [0.717, 1.165) is 0 Å². The van der Waals surface area contributed by atoms with Crippen LogP contribution in [0.3, 0.4) is 0 Å². The molecule has 0 rings (SSSR count). The number of primary amides is 1. The zero-order valence-corrected chi connectivity index (χ0v) is 5.94. The van der Waals surface area contributed by atoms with Crippen molar-refractivity contribution >= 4 is 12.0 Å². The lowest BCUT2D eigenvalue weighted by molar-refractivity contribution is -0.122. The van der Waals surface area contributed by atoms with Crippen LogP contribution in [-0.4, -0.2) is 34.4 Å². The molecule has 2 amide bonds. The minimum Gasteiger partial charge on any atom is -0.465 e. The van der Waals surface area contributed by atoms with Crippen LogP contribution in [0.15, 0.2) is 0 Å². The van der Waals surface area contributed by atoms with Crippen LogP contribution in [0.5, 0.6) is 0 Å². The number of nitrogens with two attached hydrogens (primary N) is 1. The minimum atomic E-state index is -1.39. The smallest absolute Gasteiger partial charge is 0.405 e. The number of aliphatic hydroxyl groups excluding tert-OH is 1. The molecule has 0 aliphatic carbocycles. The van der Waals surface area contributed by atoms with E-state index in [1.165, 1.54) is 6.92 Å². The monoisotopic (exact) mass is 162 g/mol. The molecule has 5 N–H and O–H groups in total. The number of aliphatic hydroxyl groups is 1. The fourth-order valence-electron chi connectivity index (χ4n) is 0.562. The second kappa shape index (κ2) is 3.77. The number of amides is 2. The molecule has 0 aromatic rings. The van der Waals surface area contributed by atoms with Gasteiger partial charge in [0.15, 0.2) is 0 Å². The normalized spacial score (nSPS) is 15.1. The Morgan fingerprint density at radius 3 is 2.09 bits per heavy atom. The number of rotatable bonds is 3. The Kier molecular flexibility index (Phi) is 3.32. The molecule has 6 heteroatoms. The van der Waals surface area contributed by atoms with E-state index < -0.39 is 24.1 Å². The van der Waals surface area contributed by atoms with Crippen molar-refractivity contribution in [1.82, 2.24) is 5.32 Å². The predicted octanol–water partition coefficient (Wildman–Crippen LogP) is -1.51. The van der Waals surface area contributed by atoms with Crippen molar-refractivity contribution in [2.75, 3.05) is 0 Å². The van der Waals surface area contributed by atoms with Gasteiger partial charge in [-0.15, -0.1) is 0 Å². The molecule has 0 fully saturated rings. The molecule has 2 atom stereocenters. The molecule has 0 aliphatic rings. The molecule has 0 unspecified atom stereocenters. The van der Waals surface area contributed by atoms with Gasteiger partial charge >= 0.3 is 6.09 Å². The quantitative estimate of drug-likeness (QED) is 0.404. The largest absolute Gasteiger partial charge is 0.465 e. The first-order chi connectivity index (χ1) is 4.95. The van der Waals surface area contributed by atoms with Crippen LogP contribution in [0.4, 0.5) is 4.79 Å². The first kappa shape index (κ1) is 9.70. The van der Waals surface area contributed by atoms with Crippen LogP contribution in [-0.2, 0) is 4.79 Å². The zero-order valence-electron chi connectivity index (χ0n) is 5.94. The molecule has 0 spiro atoms. The Bertz CT molecular complexity index is 168. The molecule has 0 radical (unpaired) electrons. The number of nitrogens with one attached hydrogen (secondary N) is 1. The molecule has 0 aliphatic heterocycles. The van der Waals surface area contributed by atoms with Crippen molar-refractivity contribution in [3.63, 3.8) is 0 Å². The van der Waals surface area contributed by atoms with E-state index in [4.69, 9.17) is 15.9 Å². The summed E-state index contributed by atoms with van der Waals surface area (Å²) in [5.41, 5.74) is 4.76. The van der Waals surface area contributed by atoms with Gasteiger partial charge in [0.25, 0.3) is 0 Å². The first-order valence-corrected chi connectivity index (χ1v) is 2.92. The standard InChI is InChI=1S/C5H10N2O4/c1-2(8)3(4(6)9)7-5(10)11/h2-3,7-8H,1H3,(H2,6,9)(H,10,11)/t2-,3+/m1/s1. The van der Waals surface area contributed by atoms with Gasteiger partial charge in [-0.1, -0.05) is 0 Å². The summed E-state index contributed by atoms with van der Waals surface area (Å²) in [6.07, 6.45) is -2.52. The molecule has 0 aromatic heterocycles. The average molecular weight is 162 g/mol. The number of hydrogen-bond acceptors (Lipinski definition) is 3. The van der Waals surface area contributed by atoms with Gasteiger partial charge in [-0.25, -0.2) is 4.79 Å². The number of hydrogen-bond donors (Lipinski definition) is 4. The fraction of sp³-hybridized carbons (Fsp3) is 0.600. The van der Waals surface area contributed by atoms with Crippen LogP contribution in [0.2, 0.25) is 0 Å². The maximum absolute atomic E-state index is 10.4. The van der Waals surface area contributed by atoms with Gasteiger partial charge in [-0.05, 0) is 6.92 Å². The molecule has 0 aromatic carbocycles. The third kappa shape index (κ3) is 3.41. The highest BCUT2D eigenvalue weighted by Crippen LogP contribution is 1.90. The third-order valence-electron chi connectivity index (χ3n) is 1.07. The van der Waals surface area contributed by atoms with Crippen LogP contribution in [0.25, 0.3) is 0 Å². The summed E-state index contributed by atoms with van der Waals surface area (Å²) in [6, 6.07) is -1.24. The van der Waals surface area contributed by atoms with Crippen LogP contribution in [0.1, 0.15) is 6.92 Å². The van der Waals surface area contributed by atoms with E-state index in [0.29, 0.717) is 0 Å². The van der Waals surface area contributed by atoms with Gasteiger partial charge in [0, 0.05) is 0 Å². The van der Waals surface area contributed by atoms with E-state index in [1.54, 1.807) is 5.32 Å². The van der Waals surface area contributed by atoms with Gasteiger partial charge in [0.05, 0.1) is 6.10 Å². The number of carbonyl (C=O) groups excluding carboxylic acids is 1. The van der Waals surface area contributed by atoms with Gasteiger partial charge in [0.2, 0.25) is 5.91 Å².